The Morgan fingerprint density at radius 2 is 1.37 bits per heavy atom. The smallest absolute Gasteiger partial charge is 0.233 e. The Hall–Kier alpha value is -4.64. The number of benzene rings is 2. The van der Waals surface area contributed by atoms with Gasteiger partial charge in [0.15, 0.2) is 23.0 Å². The van der Waals surface area contributed by atoms with Gasteiger partial charge in [0, 0.05) is 37.1 Å². The molecule has 3 heterocycles. The third-order valence-electron chi connectivity index (χ3n) is 6.77. The molecule has 2 aromatic carbocycles. The molecule has 0 saturated carbocycles. The lowest BCUT2D eigenvalue weighted by atomic mass is 10.1. The Morgan fingerprint density at radius 3 is 1.90 bits per heavy atom. The van der Waals surface area contributed by atoms with Crippen LogP contribution in [0.2, 0.25) is 0 Å². The van der Waals surface area contributed by atoms with E-state index < -0.39 is 0 Å². The second-order valence-corrected chi connectivity index (χ2v) is 9.88. The average molecular weight is 558 g/mol. The van der Waals surface area contributed by atoms with Crippen LogP contribution in [-0.4, -0.2) is 58.9 Å². The standard InChI is InChI=1S/C30H35N7O4/c1-31-18-30(39)33-13-5-3-7-29-35-17-23(37-29)21-9-11-25-27(15-21)41-24-10-8-20(14-26(24)40-25)22-16-34-28(36-22)6-2-4-12-32-19-38/h8-11,14-17,19,31H,2-7,12-13,18H2,1H3,(H,32,38)(H,33,39)(H,34,36)(H,35,37). The number of imidazole rings is 2. The fraction of sp³-hybridized carbons (Fsp3) is 0.333. The van der Waals surface area contributed by atoms with E-state index in [0.29, 0.717) is 42.6 Å². The van der Waals surface area contributed by atoms with E-state index in [4.69, 9.17) is 9.47 Å². The lowest BCUT2D eigenvalue weighted by molar-refractivity contribution is -0.120. The summed E-state index contributed by atoms with van der Waals surface area (Å²) in [5, 5.41) is 8.41. The number of hydrogen-bond donors (Lipinski definition) is 5. The first-order valence-electron chi connectivity index (χ1n) is 13.9. The van der Waals surface area contributed by atoms with Crippen LogP contribution in [0.15, 0.2) is 48.8 Å². The number of amides is 2. The van der Waals surface area contributed by atoms with E-state index in [-0.39, 0.29) is 5.91 Å². The zero-order valence-electron chi connectivity index (χ0n) is 23.1. The van der Waals surface area contributed by atoms with Gasteiger partial charge in [-0.25, -0.2) is 9.97 Å². The molecule has 41 heavy (non-hydrogen) atoms. The molecular weight excluding hydrogens is 522 g/mol. The number of aromatic nitrogens is 4. The van der Waals surface area contributed by atoms with Crippen molar-refractivity contribution in [1.29, 1.82) is 0 Å². The van der Waals surface area contributed by atoms with E-state index in [1.54, 1.807) is 7.05 Å². The van der Waals surface area contributed by atoms with Crippen molar-refractivity contribution in [1.82, 2.24) is 35.9 Å². The molecule has 0 spiro atoms. The van der Waals surface area contributed by atoms with Gasteiger partial charge in [0.05, 0.1) is 30.3 Å². The number of nitrogens with zero attached hydrogens (tertiary/aromatic N) is 2. The predicted molar refractivity (Wildman–Crippen MR) is 155 cm³/mol. The molecule has 2 aromatic heterocycles. The minimum atomic E-state index is 0.00901. The first-order valence-corrected chi connectivity index (χ1v) is 13.9. The molecular formula is C30H35N7O4. The summed E-state index contributed by atoms with van der Waals surface area (Å²) in [7, 11) is 1.75. The first-order chi connectivity index (χ1) is 20.1. The SMILES string of the molecule is CNCC(=O)NCCCCc1ncc(-c2ccc3c(c2)Oc2ccc(-c4cnc(CCCCNC=O)[nH]4)cc2O3)[nH]1. The summed E-state index contributed by atoms with van der Waals surface area (Å²) >= 11 is 0. The normalized spacial score (nSPS) is 11.6. The van der Waals surface area contributed by atoms with Crippen LogP contribution in [0.3, 0.4) is 0 Å². The lowest BCUT2D eigenvalue weighted by Gasteiger charge is -2.21. The van der Waals surface area contributed by atoms with Crippen molar-refractivity contribution in [3.8, 4) is 45.5 Å². The molecule has 11 heteroatoms. The van der Waals surface area contributed by atoms with Gasteiger partial charge < -0.3 is 35.4 Å². The molecule has 0 atom stereocenters. The summed E-state index contributed by atoms with van der Waals surface area (Å²) in [4.78, 5) is 37.6. The number of nitrogens with one attached hydrogen (secondary N) is 5. The highest BCUT2D eigenvalue weighted by atomic mass is 16.6. The number of aryl methyl sites for hydroxylation is 2. The maximum Gasteiger partial charge on any atom is 0.233 e. The molecule has 0 bridgehead atoms. The van der Waals surface area contributed by atoms with Crippen LogP contribution in [0.5, 0.6) is 23.0 Å². The summed E-state index contributed by atoms with van der Waals surface area (Å²) < 4.78 is 12.4. The topological polar surface area (TPSA) is 146 Å². The second-order valence-electron chi connectivity index (χ2n) is 9.88. The van der Waals surface area contributed by atoms with E-state index in [2.05, 4.69) is 35.9 Å². The minimum absolute atomic E-state index is 0.00901. The number of ether oxygens (including phenoxy) is 2. The van der Waals surface area contributed by atoms with Crippen LogP contribution >= 0.6 is 0 Å². The van der Waals surface area contributed by atoms with Gasteiger partial charge in [0.1, 0.15) is 11.6 Å². The van der Waals surface area contributed by atoms with Crippen LogP contribution in [0.4, 0.5) is 0 Å². The average Bonchev–Trinajstić information content (AvgIpc) is 3.66. The Labute approximate surface area is 238 Å². The molecule has 0 aliphatic carbocycles. The summed E-state index contributed by atoms with van der Waals surface area (Å²) in [6.45, 7) is 1.66. The quantitative estimate of drug-likeness (QED) is 0.0962. The molecule has 11 nitrogen and oxygen atoms in total. The van der Waals surface area contributed by atoms with E-state index in [9.17, 15) is 9.59 Å². The summed E-state index contributed by atoms with van der Waals surface area (Å²) in [5.41, 5.74) is 3.73. The number of carbonyl (C=O) groups excluding carboxylic acids is 2. The van der Waals surface area contributed by atoms with Gasteiger partial charge in [-0.05, 0) is 69.1 Å². The minimum Gasteiger partial charge on any atom is -0.449 e. The lowest BCUT2D eigenvalue weighted by Crippen LogP contribution is -2.32. The number of aromatic amines is 2. The highest BCUT2D eigenvalue weighted by Crippen LogP contribution is 2.47. The number of rotatable bonds is 15. The second kappa shape index (κ2) is 13.6. The largest absolute Gasteiger partial charge is 0.449 e. The molecule has 0 saturated heterocycles. The van der Waals surface area contributed by atoms with Crippen molar-refractivity contribution in [2.45, 2.75) is 38.5 Å². The third-order valence-corrected chi connectivity index (χ3v) is 6.77. The van der Waals surface area contributed by atoms with Crippen molar-refractivity contribution in [2.24, 2.45) is 0 Å². The van der Waals surface area contributed by atoms with Gasteiger partial charge in [0.2, 0.25) is 12.3 Å². The number of fused-ring (bicyclic) bond motifs is 2. The van der Waals surface area contributed by atoms with Gasteiger partial charge in [-0.2, -0.15) is 0 Å². The Morgan fingerprint density at radius 1 is 0.805 bits per heavy atom. The van der Waals surface area contributed by atoms with Gasteiger partial charge >= 0.3 is 0 Å². The molecule has 1 aliphatic rings. The van der Waals surface area contributed by atoms with E-state index in [1.165, 1.54) is 0 Å². The first kappa shape index (κ1) is 27.9. The Balaban J connectivity index is 1.16. The zero-order chi connectivity index (χ0) is 28.4. The van der Waals surface area contributed by atoms with Crippen molar-refractivity contribution in [3.05, 3.63) is 60.4 Å². The molecule has 1 aliphatic heterocycles. The fourth-order valence-electron chi connectivity index (χ4n) is 4.64. The van der Waals surface area contributed by atoms with E-state index in [1.807, 2.05) is 48.8 Å². The number of hydrogen-bond acceptors (Lipinski definition) is 7. The van der Waals surface area contributed by atoms with Gasteiger partial charge in [-0.15, -0.1) is 0 Å². The maximum atomic E-state index is 11.5. The molecule has 0 unspecified atom stereocenters. The summed E-state index contributed by atoms with van der Waals surface area (Å²) in [6.07, 6.45) is 9.65. The number of likely N-dealkylation sites (N-methyl/N-ethyl adjacent to an activating group) is 1. The van der Waals surface area contributed by atoms with Crippen molar-refractivity contribution >= 4 is 12.3 Å². The molecule has 5 N–H and O–H groups in total. The molecule has 0 fully saturated rings. The third kappa shape index (κ3) is 7.31. The van der Waals surface area contributed by atoms with Gasteiger partial charge in [-0.3, -0.25) is 9.59 Å². The molecule has 214 valence electrons. The van der Waals surface area contributed by atoms with Gasteiger partial charge in [0.25, 0.3) is 0 Å². The van der Waals surface area contributed by atoms with Crippen LogP contribution in [-0.2, 0) is 22.4 Å². The molecule has 4 aromatic rings. The fourth-order valence-corrected chi connectivity index (χ4v) is 4.64. The van der Waals surface area contributed by atoms with Crippen LogP contribution < -0.4 is 25.4 Å². The van der Waals surface area contributed by atoms with Crippen LogP contribution in [0, 0.1) is 0 Å². The number of carbonyl (C=O) groups is 2. The number of unbranched alkanes of at least 4 members (excludes halogenated alkanes) is 2. The van der Waals surface area contributed by atoms with Crippen molar-refractivity contribution in [2.75, 3.05) is 26.7 Å². The maximum absolute atomic E-state index is 11.5. The Bertz CT molecular complexity index is 1480. The number of H-pyrrole nitrogens is 2. The molecule has 5 rings (SSSR count). The Kier molecular flexibility index (Phi) is 9.27. The van der Waals surface area contributed by atoms with Crippen molar-refractivity contribution in [3.63, 3.8) is 0 Å². The van der Waals surface area contributed by atoms with E-state index >= 15 is 0 Å². The van der Waals surface area contributed by atoms with Crippen LogP contribution in [0.25, 0.3) is 22.5 Å². The van der Waals surface area contributed by atoms with E-state index in [0.717, 1.165) is 79.1 Å². The summed E-state index contributed by atoms with van der Waals surface area (Å²) in [5.74, 6) is 4.41. The monoisotopic (exact) mass is 557 g/mol. The summed E-state index contributed by atoms with van der Waals surface area (Å²) in [6, 6.07) is 11.7. The highest BCUT2D eigenvalue weighted by Gasteiger charge is 2.21. The predicted octanol–water partition coefficient (Wildman–Crippen LogP) is 4.09. The van der Waals surface area contributed by atoms with Crippen LogP contribution in [0.1, 0.15) is 37.3 Å². The molecule has 2 amide bonds. The van der Waals surface area contributed by atoms with Gasteiger partial charge in [-0.1, -0.05) is 0 Å². The molecule has 0 radical (unpaired) electrons. The highest BCUT2D eigenvalue weighted by molar-refractivity contribution is 5.77. The zero-order valence-corrected chi connectivity index (χ0v) is 23.1. The van der Waals surface area contributed by atoms with Crippen molar-refractivity contribution < 1.29 is 19.1 Å².